The van der Waals surface area contributed by atoms with E-state index < -0.39 is 6.58 Å². The van der Waals surface area contributed by atoms with E-state index in [1.807, 2.05) is 0 Å². The van der Waals surface area contributed by atoms with Gasteiger partial charge in [0.1, 0.15) is 6.10 Å². The Bertz CT molecular complexity index is 193. The number of nitrogens with one attached hydrogen (secondary N) is 1. The summed E-state index contributed by atoms with van der Waals surface area (Å²) in [6.45, 7) is -0.480. The minimum absolute atomic E-state index is 0.104. The van der Waals surface area contributed by atoms with Crippen LogP contribution in [0.3, 0.4) is 0 Å². The topological polar surface area (TPSA) is 30.5 Å². The zero-order chi connectivity index (χ0) is 9.84. The van der Waals surface area contributed by atoms with E-state index in [0.717, 1.165) is 0 Å². The molecular formula is C7H13NO2S. The molecule has 0 aromatic rings. The highest BCUT2D eigenvalue weighted by Crippen LogP contribution is 2.16. The molecule has 3 nitrogen and oxygen atoms in total. The Morgan fingerprint density at radius 2 is 2.91 bits per heavy atom. The molecule has 1 saturated heterocycles. The summed E-state index contributed by atoms with van der Waals surface area (Å²) in [5, 5.41) is 2.98. The van der Waals surface area contributed by atoms with Crippen molar-refractivity contribution in [2.24, 2.45) is 0 Å². The molecule has 64 valence electrons. The Kier molecular flexibility index (Phi) is 2.18. The van der Waals surface area contributed by atoms with Gasteiger partial charge in [-0.1, -0.05) is 0 Å². The maximum Gasteiger partial charge on any atom is 0.256 e. The van der Waals surface area contributed by atoms with Crippen molar-refractivity contribution in [3.8, 4) is 0 Å². The first-order valence-electron chi connectivity index (χ1n) is 4.71. The SMILES string of the molecule is [2H]C[C@H]1O[C@@H]([3H])C[C@H]1OC(=S)NC. The van der Waals surface area contributed by atoms with Crippen LogP contribution in [0.1, 0.15) is 16.1 Å². The lowest BCUT2D eigenvalue weighted by atomic mass is 10.2. The van der Waals surface area contributed by atoms with Gasteiger partial charge in [0.2, 0.25) is 0 Å². The fraction of sp³-hybridized carbons (Fsp3) is 0.857. The summed E-state index contributed by atoms with van der Waals surface area (Å²) in [7, 11) is 1.67. The Hall–Kier alpha value is -0.350. The third kappa shape index (κ3) is 2.31. The van der Waals surface area contributed by atoms with Crippen molar-refractivity contribution in [3.05, 3.63) is 0 Å². The minimum Gasteiger partial charge on any atom is -0.465 e. The average Bonchev–Trinajstić information content (AvgIpc) is 2.46. The summed E-state index contributed by atoms with van der Waals surface area (Å²) in [5.74, 6) is 0. The highest BCUT2D eigenvalue weighted by molar-refractivity contribution is 7.80. The Balaban J connectivity index is 2.43. The van der Waals surface area contributed by atoms with Gasteiger partial charge in [0.15, 0.2) is 0 Å². The van der Waals surface area contributed by atoms with E-state index in [1.165, 1.54) is 0 Å². The number of rotatable bonds is 1. The van der Waals surface area contributed by atoms with Crippen LogP contribution in [0, 0.1) is 0 Å². The molecule has 1 fully saturated rings. The van der Waals surface area contributed by atoms with Crippen LogP contribution in [0.5, 0.6) is 0 Å². The van der Waals surface area contributed by atoms with E-state index in [0.29, 0.717) is 11.6 Å². The Morgan fingerprint density at radius 3 is 3.55 bits per heavy atom. The summed E-state index contributed by atoms with van der Waals surface area (Å²) < 4.78 is 24.9. The van der Waals surface area contributed by atoms with E-state index in [-0.39, 0.29) is 19.1 Å². The minimum atomic E-state index is -0.583. The predicted molar refractivity (Wildman–Crippen MR) is 46.6 cm³/mol. The maximum absolute atomic E-state index is 7.35. The molecule has 0 aliphatic carbocycles. The van der Waals surface area contributed by atoms with E-state index >= 15 is 0 Å². The van der Waals surface area contributed by atoms with Crippen molar-refractivity contribution in [2.75, 3.05) is 13.6 Å². The highest BCUT2D eigenvalue weighted by atomic mass is 32.1. The van der Waals surface area contributed by atoms with Gasteiger partial charge in [-0.15, -0.1) is 0 Å². The Labute approximate surface area is 74.9 Å². The number of hydrogen-bond donors (Lipinski definition) is 1. The summed E-state index contributed by atoms with van der Waals surface area (Å²) in [4.78, 5) is 0. The number of ether oxygens (including phenoxy) is 2. The van der Waals surface area contributed by atoms with E-state index in [2.05, 4.69) is 5.32 Å². The fourth-order valence-electron chi connectivity index (χ4n) is 0.834. The van der Waals surface area contributed by atoms with Gasteiger partial charge in [0.25, 0.3) is 5.17 Å². The second-order valence-corrected chi connectivity index (χ2v) is 2.64. The molecule has 11 heavy (non-hydrogen) atoms. The molecule has 0 bridgehead atoms. The van der Waals surface area contributed by atoms with Crippen molar-refractivity contribution in [1.82, 2.24) is 5.32 Å². The summed E-state index contributed by atoms with van der Waals surface area (Å²) >= 11 is 4.82. The zero-order valence-electron chi connectivity index (χ0n) is 8.37. The molecule has 4 heteroatoms. The van der Waals surface area contributed by atoms with Crippen LogP contribution in [0.2, 0.25) is 0 Å². The molecule has 1 aliphatic rings. The van der Waals surface area contributed by atoms with Gasteiger partial charge in [0, 0.05) is 14.8 Å². The second-order valence-electron chi connectivity index (χ2n) is 2.27. The van der Waals surface area contributed by atoms with Crippen molar-refractivity contribution >= 4 is 17.4 Å². The van der Waals surface area contributed by atoms with Gasteiger partial charge in [-0.25, -0.2) is 0 Å². The summed E-state index contributed by atoms with van der Waals surface area (Å²) in [6, 6.07) is 0. The van der Waals surface area contributed by atoms with E-state index in [9.17, 15) is 0 Å². The zero-order valence-corrected chi connectivity index (χ0v) is 7.19. The normalized spacial score (nSPS) is 39.2. The molecule has 0 saturated carbocycles. The maximum atomic E-state index is 7.35. The van der Waals surface area contributed by atoms with Crippen LogP contribution in [-0.2, 0) is 9.47 Å². The van der Waals surface area contributed by atoms with Crippen LogP contribution >= 0.6 is 12.2 Å². The van der Waals surface area contributed by atoms with Crippen molar-refractivity contribution < 1.29 is 12.2 Å². The lowest BCUT2D eigenvalue weighted by Gasteiger charge is -2.16. The molecule has 0 aromatic carbocycles. The molecule has 1 rings (SSSR count). The van der Waals surface area contributed by atoms with Gasteiger partial charge in [-0.05, 0) is 19.1 Å². The molecular weight excluding hydrogens is 162 g/mol. The fourth-order valence-corrected chi connectivity index (χ4v) is 0.957. The molecule has 0 spiro atoms. The molecule has 3 atom stereocenters. The first-order valence-corrected chi connectivity index (χ1v) is 3.83. The first kappa shape index (κ1) is 6.20. The predicted octanol–water partition coefficient (Wildman–Crippen LogP) is 0.685. The first-order chi connectivity index (χ1) is 6.17. The lowest BCUT2D eigenvalue weighted by Crippen LogP contribution is -2.29. The van der Waals surface area contributed by atoms with Gasteiger partial charge in [-0.3, -0.25) is 0 Å². The largest absolute Gasteiger partial charge is 0.465 e. The average molecular weight is 178 g/mol. The third-order valence-electron chi connectivity index (χ3n) is 1.48. The molecule has 0 aromatic heterocycles. The summed E-state index contributed by atoms with van der Waals surface area (Å²) in [5.41, 5.74) is 0. The monoisotopic (exact) mass is 178 g/mol. The lowest BCUT2D eigenvalue weighted by molar-refractivity contribution is 0.0617. The molecule has 0 amide bonds. The van der Waals surface area contributed by atoms with Gasteiger partial charge < -0.3 is 14.8 Å². The van der Waals surface area contributed by atoms with Crippen molar-refractivity contribution in [3.63, 3.8) is 0 Å². The van der Waals surface area contributed by atoms with Crippen molar-refractivity contribution in [2.45, 2.75) is 25.5 Å². The van der Waals surface area contributed by atoms with Crippen LogP contribution in [0.4, 0.5) is 0 Å². The quantitative estimate of drug-likeness (QED) is 0.598. The van der Waals surface area contributed by atoms with Crippen LogP contribution in [-0.4, -0.2) is 31.0 Å². The van der Waals surface area contributed by atoms with Gasteiger partial charge >= 0.3 is 0 Å². The van der Waals surface area contributed by atoms with Gasteiger partial charge in [0.05, 0.1) is 14.1 Å². The summed E-state index contributed by atoms with van der Waals surface area (Å²) in [6.07, 6.45) is -0.0977. The Morgan fingerprint density at radius 1 is 2.09 bits per heavy atom. The standard InChI is InChI=1S/C7H13NO2S/c1-5-6(3-4-9-5)10-7(11)8-2/h5-6H,3-4H2,1-2H3,(H,8,11)/t5-,6-/m1/s1/i1D,4T/t4-,5+,6+/m0. The smallest absolute Gasteiger partial charge is 0.256 e. The highest BCUT2D eigenvalue weighted by Gasteiger charge is 2.26. The molecule has 1 heterocycles. The van der Waals surface area contributed by atoms with Crippen LogP contribution < -0.4 is 5.32 Å². The van der Waals surface area contributed by atoms with Crippen LogP contribution in [0.15, 0.2) is 0 Å². The molecule has 0 unspecified atom stereocenters. The van der Waals surface area contributed by atoms with E-state index in [4.69, 9.17) is 24.4 Å². The number of thiocarbonyl (C=S) groups is 1. The third-order valence-corrected chi connectivity index (χ3v) is 1.78. The molecule has 1 N–H and O–H groups in total. The van der Waals surface area contributed by atoms with E-state index in [1.54, 1.807) is 7.05 Å². The number of hydrogen-bond acceptors (Lipinski definition) is 3. The van der Waals surface area contributed by atoms with Crippen LogP contribution in [0.25, 0.3) is 0 Å². The molecule has 0 radical (unpaired) electrons. The second kappa shape index (κ2) is 3.88. The molecule has 1 aliphatic heterocycles. The van der Waals surface area contributed by atoms with Gasteiger partial charge in [-0.2, -0.15) is 0 Å². The van der Waals surface area contributed by atoms with Crippen molar-refractivity contribution in [1.29, 1.82) is 0 Å².